The number of likely N-dealkylation sites (N-methyl/N-ethyl adjacent to an activating group) is 1. The van der Waals surface area contributed by atoms with Crippen LogP contribution in [0, 0.1) is 12.4 Å². The first-order valence-electron chi connectivity index (χ1n) is 11.0. The lowest BCUT2D eigenvalue weighted by Gasteiger charge is -2.36. The van der Waals surface area contributed by atoms with Crippen LogP contribution >= 0.6 is 11.6 Å². The summed E-state index contributed by atoms with van der Waals surface area (Å²) in [7, 11) is 2.03. The Labute approximate surface area is 197 Å². The number of hydrogen-bond acceptors (Lipinski definition) is 3. The Balaban J connectivity index is 1.56. The number of anilines is 2. The second-order valence-corrected chi connectivity index (χ2v) is 9.06. The number of hydrazone groups is 1. The normalized spacial score (nSPS) is 21.6. The number of carbonyl (C=O) groups is 1. The van der Waals surface area contributed by atoms with Gasteiger partial charge in [-0.3, -0.25) is 4.79 Å². The van der Waals surface area contributed by atoms with Crippen LogP contribution < -0.4 is 9.91 Å². The molecule has 0 N–H and O–H groups in total. The number of amides is 1. The minimum Gasteiger partial charge on any atom is -0.358 e. The average Bonchev–Trinajstić information content (AvgIpc) is 3.25. The molecule has 0 aromatic heterocycles. The summed E-state index contributed by atoms with van der Waals surface area (Å²) < 4.78 is 13.3. The quantitative estimate of drug-likeness (QED) is 0.394. The molecule has 1 spiro atoms. The molecule has 0 saturated heterocycles. The van der Waals surface area contributed by atoms with E-state index in [1.807, 2.05) is 25.3 Å². The molecular formula is C26H22ClFN4O. The molecule has 1 amide bonds. The summed E-state index contributed by atoms with van der Waals surface area (Å²) in [6, 6.07) is 11.5. The fourth-order valence-electron chi connectivity index (χ4n) is 5.28. The van der Waals surface area contributed by atoms with Gasteiger partial charge in [0.05, 0.1) is 11.3 Å². The lowest BCUT2D eigenvalue weighted by molar-refractivity contribution is -0.114. The van der Waals surface area contributed by atoms with Crippen LogP contribution in [-0.4, -0.2) is 18.8 Å². The molecule has 2 heterocycles. The van der Waals surface area contributed by atoms with E-state index in [0.717, 1.165) is 47.1 Å². The van der Waals surface area contributed by atoms with Gasteiger partial charge in [-0.1, -0.05) is 43.5 Å². The van der Waals surface area contributed by atoms with Crippen LogP contribution in [0.1, 0.15) is 37.7 Å². The van der Waals surface area contributed by atoms with Gasteiger partial charge in [0.1, 0.15) is 5.82 Å². The molecule has 0 bridgehead atoms. The van der Waals surface area contributed by atoms with Crippen LogP contribution in [0.25, 0.3) is 4.85 Å². The first-order chi connectivity index (χ1) is 15.9. The summed E-state index contributed by atoms with van der Waals surface area (Å²) in [5.41, 5.74) is 3.95. The predicted molar refractivity (Wildman–Crippen MR) is 129 cm³/mol. The highest BCUT2D eigenvalue weighted by Crippen LogP contribution is 2.55. The average molecular weight is 461 g/mol. The molecule has 0 radical (unpaired) electrons. The molecule has 0 unspecified atom stereocenters. The van der Waals surface area contributed by atoms with E-state index in [4.69, 9.17) is 18.2 Å². The van der Waals surface area contributed by atoms with Gasteiger partial charge in [-0.2, -0.15) is 0 Å². The van der Waals surface area contributed by atoms with Crippen molar-refractivity contribution in [3.05, 3.63) is 93.7 Å². The van der Waals surface area contributed by atoms with Crippen molar-refractivity contribution in [2.75, 3.05) is 17.0 Å². The topological polar surface area (TPSA) is 40.3 Å². The summed E-state index contributed by atoms with van der Waals surface area (Å²) >= 11 is 6.37. The largest absolute Gasteiger partial charge is 0.358 e. The monoisotopic (exact) mass is 460 g/mol. The molecule has 7 heteroatoms. The van der Waals surface area contributed by atoms with Crippen molar-refractivity contribution in [1.29, 1.82) is 0 Å². The number of rotatable bonds is 2. The molecule has 5 rings (SSSR count). The zero-order valence-electron chi connectivity index (χ0n) is 18.2. The number of allylic oxidation sites excluding steroid dienone is 3. The maximum Gasteiger partial charge on any atom is 0.307 e. The molecule has 1 aliphatic carbocycles. The standard InChI is InChI=1S/C26H22ClFN4O/c1-29-24-20(25(33)32(30-24)19-9-7-18(28)8-10-19)11-13-23-26(14-4-3-5-15-26)21-16-17(27)6-12-22(21)31(23)2/h6-13,16H,3-5,14-15H2,2H3/b20-11-,23-13+. The van der Waals surface area contributed by atoms with Crippen LogP contribution in [-0.2, 0) is 10.2 Å². The van der Waals surface area contributed by atoms with Crippen LogP contribution in [0.2, 0.25) is 5.02 Å². The number of nitrogens with zero attached hydrogens (tertiary/aromatic N) is 4. The zero-order chi connectivity index (χ0) is 23.2. The smallest absolute Gasteiger partial charge is 0.307 e. The number of benzene rings is 2. The van der Waals surface area contributed by atoms with E-state index in [1.165, 1.54) is 36.2 Å². The number of halogens is 2. The number of carbonyl (C=O) groups excluding carboxylic acids is 1. The molecule has 33 heavy (non-hydrogen) atoms. The summed E-state index contributed by atoms with van der Waals surface area (Å²) in [5, 5.41) is 6.05. The Morgan fingerprint density at radius 2 is 1.85 bits per heavy atom. The Morgan fingerprint density at radius 3 is 2.55 bits per heavy atom. The van der Waals surface area contributed by atoms with Gasteiger partial charge in [-0.05, 0) is 72.0 Å². The summed E-state index contributed by atoms with van der Waals surface area (Å²) in [6.45, 7) is 7.52. The number of fused-ring (bicyclic) bond motifs is 2. The highest BCUT2D eigenvalue weighted by molar-refractivity contribution is 6.32. The molecule has 2 aliphatic heterocycles. The predicted octanol–water partition coefficient (Wildman–Crippen LogP) is 6.22. The molecule has 1 fully saturated rings. The Hall–Kier alpha value is -3.43. The van der Waals surface area contributed by atoms with E-state index >= 15 is 0 Å². The van der Waals surface area contributed by atoms with E-state index in [1.54, 1.807) is 6.08 Å². The van der Waals surface area contributed by atoms with E-state index in [0.29, 0.717) is 5.69 Å². The lowest BCUT2D eigenvalue weighted by atomic mass is 9.68. The Bertz CT molecular complexity index is 1270. The van der Waals surface area contributed by atoms with Crippen LogP contribution in [0.4, 0.5) is 15.8 Å². The second-order valence-electron chi connectivity index (χ2n) is 8.62. The van der Waals surface area contributed by atoms with Gasteiger partial charge in [0.2, 0.25) is 0 Å². The van der Waals surface area contributed by atoms with Crippen molar-refractivity contribution in [1.82, 2.24) is 0 Å². The van der Waals surface area contributed by atoms with Gasteiger partial charge in [0.25, 0.3) is 5.91 Å². The van der Waals surface area contributed by atoms with Gasteiger partial charge in [-0.25, -0.2) is 4.39 Å². The van der Waals surface area contributed by atoms with E-state index in [-0.39, 0.29) is 16.8 Å². The van der Waals surface area contributed by atoms with Gasteiger partial charge < -0.3 is 9.74 Å². The summed E-state index contributed by atoms with van der Waals surface area (Å²) in [6.07, 6.45) is 9.15. The molecule has 1 saturated carbocycles. The number of amidine groups is 1. The lowest BCUT2D eigenvalue weighted by Crippen LogP contribution is -2.32. The van der Waals surface area contributed by atoms with Gasteiger partial charge in [-0.15, -0.1) is 5.01 Å². The van der Waals surface area contributed by atoms with Crippen molar-refractivity contribution >= 4 is 34.7 Å². The third-order valence-corrected chi connectivity index (χ3v) is 7.07. The van der Waals surface area contributed by atoms with E-state index in [9.17, 15) is 9.18 Å². The van der Waals surface area contributed by atoms with Crippen LogP contribution in [0.3, 0.4) is 0 Å². The second kappa shape index (κ2) is 8.17. The maximum atomic E-state index is 13.3. The van der Waals surface area contributed by atoms with Gasteiger partial charge in [0, 0.05) is 28.9 Å². The minimum atomic E-state index is -0.401. The Morgan fingerprint density at radius 1 is 1.12 bits per heavy atom. The third-order valence-electron chi connectivity index (χ3n) is 6.84. The fraction of sp³-hybridized carbons (Fsp3) is 0.269. The molecule has 2 aromatic rings. The van der Waals surface area contributed by atoms with Crippen LogP contribution in [0.15, 0.2) is 71.0 Å². The van der Waals surface area contributed by atoms with Crippen molar-refractivity contribution in [3.63, 3.8) is 0 Å². The van der Waals surface area contributed by atoms with Gasteiger partial charge >= 0.3 is 5.84 Å². The van der Waals surface area contributed by atoms with Crippen LogP contribution in [0.5, 0.6) is 0 Å². The van der Waals surface area contributed by atoms with Gasteiger partial charge in [0.15, 0.2) is 0 Å². The van der Waals surface area contributed by atoms with Crippen molar-refractivity contribution in [2.24, 2.45) is 5.10 Å². The first kappa shape index (κ1) is 21.4. The molecule has 3 aliphatic rings. The van der Waals surface area contributed by atoms with E-state index < -0.39 is 11.7 Å². The van der Waals surface area contributed by atoms with Crippen molar-refractivity contribution in [2.45, 2.75) is 37.5 Å². The molecule has 5 nitrogen and oxygen atoms in total. The van der Waals surface area contributed by atoms with E-state index in [2.05, 4.69) is 20.9 Å². The SMILES string of the molecule is [C-]#[N+]C1=NN(c2ccc(F)cc2)C(=O)/C1=C\C=C1\N(C)c2ccc(Cl)cc2C12CCCCC2. The number of hydrogen-bond donors (Lipinski definition) is 0. The molecular weight excluding hydrogens is 439 g/mol. The minimum absolute atomic E-state index is 0.0278. The molecule has 166 valence electrons. The highest BCUT2D eigenvalue weighted by atomic mass is 35.5. The maximum absolute atomic E-state index is 13.3. The highest BCUT2D eigenvalue weighted by Gasteiger charge is 2.46. The summed E-state index contributed by atoms with van der Waals surface area (Å²) in [5.74, 6) is -0.773. The summed E-state index contributed by atoms with van der Waals surface area (Å²) in [4.78, 5) is 18.8. The Kier molecular flexibility index (Phi) is 5.30. The zero-order valence-corrected chi connectivity index (χ0v) is 18.9. The first-order valence-corrected chi connectivity index (χ1v) is 11.3. The van der Waals surface area contributed by atoms with Crippen molar-refractivity contribution < 1.29 is 9.18 Å². The molecule has 2 aromatic carbocycles. The third kappa shape index (κ3) is 3.44. The van der Waals surface area contributed by atoms with Crippen molar-refractivity contribution in [3.8, 4) is 0 Å². The fourth-order valence-corrected chi connectivity index (χ4v) is 5.45. The molecule has 0 atom stereocenters.